The van der Waals surface area contributed by atoms with E-state index in [1.54, 1.807) is 18.2 Å². The standard InChI is InChI=1S/C18H21Cl2N3O2/c19-15-4-3-5-16(20)18(15)25-13-14(24)12-22-8-10-23(11-9-22)17-6-1-2-7-21-17/h1-7,14,24H,8-13H2/t14-/m0/s1. The zero-order chi connectivity index (χ0) is 17.6. The summed E-state index contributed by atoms with van der Waals surface area (Å²) in [6, 6.07) is 11.1. The van der Waals surface area contributed by atoms with E-state index in [0.29, 0.717) is 22.3 Å². The number of piperazine rings is 1. The third-order valence-corrected chi connectivity index (χ3v) is 4.75. The van der Waals surface area contributed by atoms with Gasteiger partial charge in [0.25, 0.3) is 0 Å². The minimum atomic E-state index is -0.603. The second-order valence-electron chi connectivity index (χ2n) is 5.99. The Morgan fingerprint density at radius 2 is 1.76 bits per heavy atom. The van der Waals surface area contributed by atoms with Gasteiger partial charge in [0.1, 0.15) is 18.5 Å². The maximum absolute atomic E-state index is 10.2. The summed E-state index contributed by atoms with van der Waals surface area (Å²) in [5.74, 6) is 1.42. The molecule has 2 heterocycles. The first kappa shape index (κ1) is 18.3. The van der Waals surface area contributed by atoms with Crippen LogP contribution >= 0.6 is 23.2 Å². The smallest absolute Gasteiger partial charge is 0.156 e. The molecule has 1 saturated heterocycles. The van der Waals surface area contributed by atoms with Crippen LogP contribution in [0.1, 0.15) is 0 Å². The number of halogens is 2. The van der Waals surface area contributed by atoms with Crippen LogP contribution in [-0.2, 0) is 0 Å². The van der Waals surface area contributed by atoms with Crippen molar-refractivity contribution in [1.29, 1.82) is 0 Å². The monoisotopic (exact) mass is 381 g/mol. The van der Waals surface area contributed by atoms with Gasteiger partial charge < -0.3 is 14.7 Å². The number of hydrogen-bond acceptors (Lipinski definition) is 5. The highest BCUT2D eigenvalue weighted by Crippen LogP contribution is 2.32. The van der Waals surface area contributed by atoms with E-state index in [1.165, 1.54) is 0 Å². The quantitative estimate of drug-likeness (QED) is 0.833. The van der Waals surface area contributed by atoms with E-state index < -0.39 is 6.10 Å². The first-order valence-electron chi connectivity index (χ1n) is 8.26. The van der Waals surface area contributed by atoms with E-state index in [-0.39, 0.29) is 6.61 Å². The fraction of sp³-hybridized carbons (Fsp3) is 0.389. The second-order valence-corrected chi connectivity index (χ2v) is 6.81. The molecule has 0 aliphatic carbocycles. The fourth-order valence-electron chi connectivity index (χ4n) is 2.85. The highest BCUT2D eigenvalue weighted by molar-refractivity contribution is 6.37. The zero-order valence-electron chi connectivity index (χ0n) is 13.8. The van der Waals surface area contributed by atoms with Crippen LogP contribution in [0.15, 0.2) is 42.6 Å². The molecule has 0 unspecified atom stereocenters. The number of rotatable bonds is 6. The van der Waals surface area contributed by atoms with Gasteiger partial charge in [-0.05, 0) is 24.3 Å². The number of benzene rings is 1. The summed E-state index contributed by atoms with van der Waals surface area (Å²) in [7, 11) is 0. The van der Waals surface area contributed by atoms with E-state index in [2.05, 4.69) is 14.8 Å². The maximum atomic E-state index is 10.2. The molecule has 7 heteroatoms. The Morgan fingerprint density at radius 1 is 1.04 bits per heavy atom. The molecule has 0 saturated carbocycles. The normalized spacial score (nSPS) is 16.7. The van der Waals surface area contributed by atoms with Gasteiger partial charge in [0.05, 0.1) is 10.0 Å². The van der Waals surface area contributed by atoms with Gasteiger partial charge in [-0.3, -0.25) is 4.90 Å². The maximum Gasteiger partial charge on any atom is 0.156 e. The number of anilines is 1. The molecule has 25 heavy (non-hydrogen) atoms. The molecule has 0 radical (unpaired) electrons. The minimum absolute atomic E-state index is 0.157. The van der Waals surface area contributed by atoms with Crippen LogP contribution in [0.25, 0.3) is 0 Å². The Bertz CT molecular complexity index is 659. The number of para-hydroxylation sites is 1. The molecule has 1 N–H and O–H groups in total. The van der Waals surface area contributed by atoms with Gasteiger partial charge in [0.15, 0.2) is 5.75 Å². The molecule has 134 valence electrons. The van der Waals surface area contributed by atoms with Crippen molar-refractivity contribution in [1.82, 2.24) is 9.88 Å². The summed E-state index contributed by atoms with van der Waals surface area (Å²) in [5.41, 5.74) is 0. The lowest BCUT2D eigenvalue weighted by atomic mass is 10.2. The molecule has 0 spiro atoms. The number of ether oxygens (including phenoxy) is 1. The van der Waals surface area contributed by atoms with Gasteiger partial charge in [-0.1, -0.05) is 35.3 Å². The van der Waals surface area contributed by atoms with Crippen molar-refractivity contribution in [3.63, 3.8) is 0 Å². The van der Waals surface area contributed by atoms with Crippen LogP contribution in [0.5, 0.6) is 5.75 Å². The van der Waals surface area contributed by atoms with Gasteiger partial charge in [-0.2, -0.15) is 0 Å². The number of hydrogen-bond donors (Lipinski definition) is 1. The van der Waals surface area contributed by atoms with Crippen LogP contribution < -0.4 is 9.64 Å². The van der Waals surface area contributed by atoms with E-state index in [4.69, 9.17) is 27.9 Å². The molecule has 0 bridgehead atoms. The Morgan fingerprint density at radius 3 is 2.40 bits per heavy atom. The van der Waals surface area contributed by atoms with Crippen LogP contribution in [0.4, 0.5) is 5.82 Å². The summed E-state index contributed by atoms with van der Waals surface area (Å²) in [4.78, 5) is 8.86. The van der Waals surface area contributed by atoms with Crippen molar-refractivity contribution >= 4 is 29.0 Å². The van der Waals surface area contributed by atoms with Gasteiger partial charge >= 0.3 is 0 Å². The zero-order valence-corrected chi connectivity index (χ0v) is 15.3. The van der Waals surface area contributed by atoms with Gasteiger partial charge in [0, 0.05) is 38.9 Å². The summed E-state index contributed by atoms with van der Waals surface area (Å²) >= 11 is 12.1. The molecule has 1 aliphatic heterocycles. The van der Waals surface area contributed by atoms with Crippen LogP contribution in [-0.4, -0.2) is 60.4 Å². The minimum Gasteiger partial charge on any atom is -0.488 e. The van der Waals surface area contributed by atoms with Crippen molar-refractivity contribution in [2.75, 3.05) is 44.2 Å². The summed E-state index contributed by atoms with van der Waals surface area (Å²) in [6.45, 7) is 4.24. The Hall–Kier alpha value is -1.53. The number of pyridine rings is 1. The highest BCUT2D eigenvalue weighted by atomic mass is 35.5. The largest absolute Gasteiger partial charge is 0.488 e. The first-order chi connectivity index (χ1) is 12.1. The van der Waals surface area contributed by atoms with Crippen molar-refractivity contribution < 1.29 is 9.84 Å². The molecule has 3 rings (SSSR count). The average molecular weight is 382 g/mol. The molecular formula is C18H21Cl2N3O2. The predicted molar refractivity (Wildman–Crippen MR) is 101 cm³/mol. The second kappa shape index (κ2) is 8.72. The highest BCUT2D eigenvalue weighted by Gasteiger charge is 2.20. The van der Waals surface area contributed by atoms with Crippen molar-refractivity contribution in [2.24, 2.45) is 0 Å². The van der Waals surface area contributed by atoms with E-state index in [0.717, 1.165) is 32.0 Å². The number of aliphatic hydroxyl groups is 1. The number of aliphatic hydroxyl groups excluding tert-OH is 1. The van der Waals surface area contributed by atoms with E-state index in [1.807, 2.05) is 24.4 Å². The van der Waals surface area contributed by atoms with E-state index >= 15 is 0 Å². The van der Waals surface area contributed by atoms with Gasteiger partial charge in [-0.25, -0.2) is 4.98 Å². The summed E-state index contributed by atoms with van der Waals surface area (Å²) in [6.07, 6.45) is 1.21. The van der Waals surface area contributed by atoms with Gasteiger partial charge in [-0.15, -0.1) is 0 Å². The third-order valence-electron chi connectivity index (χ3n) is 4.15. The molecule has 1 aromatic carbocycles. The lowest BCUT2D eigenvalue weighted by molar-refractivity contribution is 0.0663. The molecule has 1 aliphatic rings. The van der Waals surface area contributed by atoms with Crippen molar-refractivity contribution in [2.45, 2.75) is 6.10 Å². The Balaban J connectivity index is 1.44. The number of aromatic nitrogens is 1. The molecule has 1 atom stereocenters. The number of β-amino-alcohol motifs (C(OH)–C–C–N with tert-alkyl or cyclic N) is 1. The molecular weight excluding hydrogens is 361 g/mol. The molecule has 1 aromatic heterocycles. The Labute approximate surface area is 157 Å². The molecule has 0 amide bonds. The van der Waals surface area contributed by atoms with Crippen LogP contribution in [0.3, 0.4) is 0 Å². The summed E-state index contributed by atoms with van der Waals surface area (Å²) < 4.78 is 5.60. The van der Waals surface area contributed by atoms with Crippen LogP contribution in [0, 0.1) is 0 Å². The number of nitrogens with zero attached hydrogens (tertiary/aromatic N) is 3. The average Bonchev–Trinajstić information content (AvgIpc) is 2.63. The lowest BCUT2D eigenvalue weighted by Crippen LogP contribution is -2.49. The SMILES string of the molecule is O[C@H](COc1c(Cl)cccc1Cl)CN1CCN(c2ccccn2)CC1. The van der Waals surface area contributed by atoms with Gasteiger partial charge in [0.2, 0.25) is 0 Å². The lowest BCUT2D eigenvalue weighted by Gasteiger charge is -2.36. The summed E-state index contributed by atoms with van der Waals surface area (Å²) in [5, 5.41) is 11.1. The molecule has 2 aromatic rings. The van der Waals surface area contributed by atoms with Crippen molar-refractivity contribution in [3.8, 4) is 5.75 Å². The predicted octanol–water partition coefficient (Wildman–Crippen LogP) is 2.95. The van der Waals surface area contributed by atoms with E-state index in [9.17, 15) is 5.11 Å². The fourth-order valence-corrected chi connectivity index (χ4v) is 3.36. The topological polar surface area (TPSA) is 48.8 Å². The third kappa shape index (κ3) is 4.98. The Kier molecular flexibility index (Phi) is 6.37. The van der Waals surface area contributed by atoms with Crippen molar-refractivity contribution in [3.05, 3.63) is 52.6 Å². The first-order valence-corrected chi connectivity index (χ1v) is 9.02. The molecule has 1 fully saturated rings. The van der Waals surface area contributed by atoms with Crippen LogP contribution in [0.2, 0.25) is 10.0 Å². The molecule has 5 nitrogen and oxygen atoms in total.